The van der Waals surface area contributed by atoms with Crippen LogP contribution >= 0.6 is 0 Å². The van der Waals surface area contributed by atoms with Gasteiger partial charge in [0.1, 0.15) is 11.4 Å². The van der Waals surface area contributed by atoms with E-state index in [4.69, 9.17) is 10.5 Å². The highest BCUT2D eigenvalue weighted by molar-refractivity contribution is 5.40. The Morgan fingerprint density at radius 2 is 1.86 bits per heavy atom. The van der Waals surface area contributed by atoms with Gasteiger partial charge in [0.15, 0.2) is 0 Å². The summed E-state index contributed by atoms with van der Waals surface area (Å²) in [6.07, 6.45) is 1.73. The average molecular weight is 289 g/mol. The molecule has 2 N–H and O–H groups in total. The van der Waals surface area contributed by atoms with Crippen molar-refractivity contribution in [1.29, 1.82) is 0 Å². The molecule has 2 aromatic rings. The molecule has 5 heteroatoms. The fourth-order valence-electron chi connectivity index (χ4n) is 2.37. The molecule has 1 heterocycles. The fraction of sp³-hybridized carbons (Fsp3) is 0.438. The van der Waals surface area contributed by atoms with Crippen LogP contribution in [0.25, 0.3) is 0 Å². The number of anilines is 1. The van der Waals surface area contributed by atoms with Gasteiger partial charge in [-0.25, -0.2) is 4.68 Å². The molecular weight excluding hydrogens is 266 g/mol. The topological polar surface area (TPSA) is 62.2 Å². The number of nitrogens with two attached hydrogens (primary N) is 1. The molecule has 0 unspecified atom stereocenters. The van der Waals surface area contributed by atoms with Crippen molar-refractivity contribution in [3.05, 3.63) is 46.4 Å². The lowest BCUT2D eigenvalue weighted by Gasteiger charge is -2.12. The maximum Gasteiger partial charge on any atom is 0.290 e. The molecule has 0 saturated heterocycles. The van der Waals surface area contributed by atoms with Crippen molar-refractivity contribution < 1.29 is 4.74 Å². The molecule has 5 nitrogen and oxygen atoms in total. The van der Waals surface area contributed by atoms with Crippen molar-refractivity contribution in [2.45, 2.75) is 39.8 Å². The molecule has 0 atom stereocenters. The second kappa shape index (κ2) is 7.02. The molecule has 0 aliphatic heterocycles. The van der Waals surface area contributed by atoms with E-state index < -0.39 is 0 Å². The number of aromatic nitrogens is 2. The third-order valence-corrected chi connectivity index (χ3v) is 3.49. The van der Waals surface area contributed by atoms with Gasteiger partial charge in [0.2, 0.25) is 0 Å². The molecule has 0 bridgehead atoms. The van der Waals surface area contributed by atoms with Gasteiger partial charge in [-0.2, -0.15) is 0 Å². The van der Waals surface area contributed by atoms with E-state index in [2.05, 4.69) is 6.92 Å². The number of nitrogen functional groups attached to an aromatic ring is 1. The number of para-hydroxylation sites is 1. The number of rotatable bonds is 7. The summed E-state index contributed by atoms with van der Waals surface area (Å²) in [5, 5.41) is 0. The molecule has 0 radical (unpaired) electrons. The van der Waals surface area contributed by atoms with Crippen molar-refractivity contribution in [2.75, 3.05) is 12.3 Å². The van der Waals surface area contributed by atoms with Crippen molar-refractivity contribution in [3.8, 4) is 5.75 Å². The second-order valence-corrected chi connectivity index (χ2v) is 5.07. The Bertz CT molecular complexity index is 629. The van der Waals surface area contributed by atoms with E-state index >= 15 is 0 Å². The normalized spacial score (nSPS) is 10.8. The Labute approximate surface area is 124 Å². The molecule has 0 fully saturated rings. The van der Waals surface area contributed by atoms with Gasteiger partial charge in [-0.05, 0) is 25.5 Å². The first-order valence-electron chi connectivity index (χ1n) is 7.38. The van der Waals surface area contributed by atoms with Gasteiger partial charge in [-0.15, -0.1) is 0 Å². The summed E-state index contributed by atoms with van der Waals surface area (Å²) in [6.45, 7) is 5.97. The number of nitrogens with zero attached hydrogens (tertiary/aromatic N) is 2. The minimum atomic E-state index is -0.0966. The lowest BCUT2D eigenvalue weighted by Crippen LogP contribution is -2.25. The van der Waals surface area contributed by atoms with E-state index in [-0.39, 0.29) is 5.56 Å². The van der Waals surface area contributed by atoms with Crippen molar-refractivity contribution in [1.82, 2.24) is 9.36 Å². The van der Waals surface area contributed by atoms with Gasteiger partial charge in [-0.1, -0.05) is 25.1 Å². The Kier molecular flexibility index (Phi) is 5.09. The van der Waals surface area contributed by atoms with E-state index in [9.17, 15) is 4.79 Å². The van der Waals surface area contributed by atoms with E-state index in [1.807, 2.05) is 41.9 Å². The number of hydrogen-bond acceptors (Lipinski definition) is 3. The summed E-state index contributed by atoms with van der Waals surface area (Å²) in [6, 6.07) is 9.68. The van der Waals surface area contributed by atoms with Gasteiger partial charge in [-0.3, -0.25) is 9.48 Å². The number of benzene rings is 1. The van der Waals surface area contributed by atoms with Crippen LogP contribution < -0.4 is 16.0 Å². The van der Waals surface area contributed by atoms with E-state index in [0.29, 0.717) is 18.8 Å². The van der Waals surface area contributed by atoms with Crippen molar-refractivity contribution in [3.63, 3.8) is 0 Å². The Morgan fingerprint density at radius 1 is 1.14 bits per heavy atom. The van der Waals surface area contributed by atoms with Crippen molar-refractivity contribution >= 4 is 5.69 Å². The van der Waals surface area contributed by atoms with Crippen LogP contribution in [0.15, 0.2) is 35.1 Å². The lowest BCUT2D eigenvalue weighted by molar-refractivity contribution is 0.289. The molecular formula is C16H23N3O2. The molecule has 0 aliphatic rings. The van der Waals surface area contributed by atoms with Crippen LogP contribution in [-0.2, 0) is 13.1 Å². The van der Waals surface area contributed by atoms with E-state index in [0.717, 1.165) is 30.8 Å². The molecule has 1 aromatic carbocycles. The third-order valence-electron chi connectivity index (χ3n) is 3.49. The standard InChI is InChI=1S/C16H23N3O2/c1-3-10-18-13(2)15(17)16(20)19(18)11-7-12-21-14-8-5-4-6-9-14/h4-6,8-9H,3,7,10-12,17H2,1-2H3. The maximum absolute atomic E-state index is 12.1. The zero-order valence-corrected chi connectivity index (χ0v) is 12.7. The van der Waals surface area contributed by atoms with Crippen LogP contribution in [0.5, 0.6) is 5.75 Å². The molecule has 1 aromatic heterocycles. The van der Waals surface area contributed by atoms with Crippen LogP contribution in [0, 0.1) is 6.92 Å². The molecule has 2 rings (SSSR count). The zero-order valence-electron chi connectivity index (χ0n) is 12.7. The first kappa shape index (κ1) is 15.2. The highest BCUT2D eigenvalue weighted by atomic mass is 16.5. The Balaban J connectivity index is 1.97. The van der Waals surface area contributed by atoms with Gasteiger partial charge in [0, 0.05) is 19.5 Å². The number of hydrogen-bond donors (Lipinski definition) is 1. The highest BCUT2D eigenvalue weighted by Crippen LogP contribution is 2.10. The summed E-state index contributed by atoms with van der Waals surface area (Å²) < 4.78 is 9.35. The predicted molar refractivity (Wildman–Crippen MR) is 84.7 cm³/mol. The van der Waals surface area contributed by atoms with Crippen LogP contribution in [0.4, 0.5) is 5.69 Å². The summed E-state index contributed by atoms with van der Waals surface area (Å²) in [7, 11) is 0. The fourth-order valence-corrected chi connectivity index (χ4v) is 2.37. The first-order valence-corrected chi connectivity index (χ1v) is 7.38. The minimum absolute atomic E-state index is 0.0966. The van der Waals surface area contributed by atoms with Crippen LogP contribution in [0.3, 0.4) is 0 Å². The minimum Gasteiger partial charge on any atom is -0.494 e. The van der Waals surface area contributed by atoms with Crippen LogP contribution in [0.2, 0.25) is 0 Å². The summed E-state index contributed by atoms with van der Waals surface area (Å²) >= 11 is 0. The van der Waals surface area contributed by atoms with Gasteiger partial charge in [0.05, 0.1) is 12.3 Å². The third kappa shape index (κ3) is 3.48. The van der Waals surface area contributed by atoms with Gasteiger partial charge >= 0.3 is 0 Å². The van der Waals surface area contributed by atoms with Crippen LogP contribution in [-0.4, -0.2) is 16.0 Å². The predicted octanol–water partition coefficient (Wildman–Crippen LogP) is 2.42. The Morgan fingerprint density at radius 3 is 2.52 bits per heavy atom. The molecule has 114 valence electrons. The molecule has 0 saturated carbocycles. The Hall–Kier alpha value is -2.17. The smallest absolute Gasteiger partial charge is 0.290 e. The largest absolute Gasteiger partial charge is 0.494 e. The van der Waals surface area contributed by atoms with Crippen molar-refractivity contribution in [2.24, 2.45) is 0 Å². The number of ether oxygens (including phenoxy) is 1. The molecule has 0 aliphatic carbocycles. The van der Waals surface area contributed by atoms with E-state index in [1.54, 1.807) is 4.68 Å². The van der Waals surface area contributed by atoms with Gasteiger partial charge in [0.25, 0.3) is 5.56 Å². The first-order chi connectivity index (χ1) is 10.1. The molecule has 0 amide bonds. The summed E-state index contributed by atoms with van der Waals surface area (Å²) in [4.78, 5) is 12.1. The van der Waals surface area contributed by atoms with E-state index in [1.165, 1.54) is 0 Å². The second-order valence-electron chi connectivity index (χ2n) is 5.07. The monoisotopic (exact) mass is 289 g/mol. The molecule has 21 heavy (non-hydrogen) atoms. The zero-order chi connectivity index (χ0) is 15.2. The lowest BCUT2D eigenvalue weighted by atomic mass is 10.3. The quantitative estimate of drug-likeness (QED) is 0.796. The van der Waals surface area contributed by atoms with Crippen LogP contribution in [0.1, 0.15) is 25.5 Å². The molecule has 0 spiro atoms. The SMILES string of the molecule is CCCn1c(C)c(N)c(=O)n1CCCOc1ccccc1. The summed E-state index contributed by atoms with van der Waals surface area (Å²) in [5.74, 6) is 0.851. The van der Waals surface area contributed by atoms with Gasteiger partial charge < -0.3 is 10.5 Å². The average Bonchev–Trinajstić information content (AvgIpc) is 2.70. The highest BCUT2D eigenvalue weighted by Gasteiger charge is 2.13. The summed E-state index contributed by atoms with van der Waals surface area (Å²) in [5.41, 5.74) is 6.95. The maximum atomic E-state index is 12.1.